The van der Waals surface area contributed by atoms with Gasteiger partial charge < -0.3 is 5.11 Å². The number of benzene rings is 1. The Morgan fingerprint density at radius 3 is 2.27 bits per heavy atom. The second-order valence-electron chi connectivity index (χ2n) is 8.08. The average Bonchev–Trinajstić information content (AvgIpc) is 2.83. The lowest BCUT2D eigenvalue weighted by atomic mass is 9.72. The minimum atomic E-state index is -3.41. The molecule has 6 nitrogen and oxygen atoms in total. The molecule has 1 heterocycles. The van der Waals surface area contributed by atoms with Crippen molar-refractivity contribution in [2.75, 3.05) is 34.2 Å². The first-order valence-corrected chi connectivity index (χ1v) is 10.7. The van der Waals surface area contributed by atoms with Crippen LogP contribution in [-0.2, 0) is 15.6 Å². The summed E-state index contributed by atoms with van der Waals surface area (Å²) in [5.74, 6) is 0. The molecule has 146 valence electrons. The minimum Gasteiger partial charge on any atom is -0.390 e. The molecular weight excluding hydrogens is 350 g/mol. The van der Waals surface area contributed by atoms with Crippen molar-refractivity contribution < 1.29 is 13.5 Å². The maximum Gasteiger partial charge on any atom is 0.281 e. The highest BCUT2D eigenvalue weighted by Crippen LogP contribution is 2.53. The van der Waals surface area contributed by atoms with Gasteiger partial charge in [-0.05, 0) is 44.9 Å². The number of aliphatic hydroxyl groups is 1. The molecule has 7 heteroatoms. The lowest BCUT2D eigenvalue weighted by molar-refractivity contribution is -0.00884. The van der Waals surface area contributed by atoms with Gasteiger partial charge in [0.25, 0.3) is 10.2 Å². The lowest BCUT2D eigenvalue weighted by Crippen LogP contribution is -2.52. The molecule has 0 amide bonds. The topological polar surface area (TPSA) is 64.1 Å². The van der Waals surface area contributed by atoms with Crippen molar-refractivity contribution >= 4 is 10.2 Å². The molecule has 0 bridgehead atoms. The van der Waals surface area contributed by atoms with E-state index >= 15 is 0 Å². The van der Waals surface area contributed by atoms with Gasteiger partial charge in [-0.1, -0.05) is 24.3 Å². The third-order valence-electron chi connectivity index (χ3n) is 6.34. The van der Waals surface area contributed by atoms with Crippen LogP contribution in [0.3, 0.4) is 0 Å². The monoisotopic (exact) mass is 381 g/mol. The van der Waals surface area contributed by atoms with Gasteiger partial charge in [-0.2, -0.15) is 17.0 Å². The molecule has 1 fully saturated rings. The molecule has 1 aromatic rings. The van der Waals surface area contributed by atoms with Gasteiger partial charge in [0.2, 0.25) is 0 Å². The van der Waals surface area contributed by atoms with Crippen molar-refractivity contribution in [3.8, 4) is 0 Å². The van der Waals surface area contributed by atoms with Crippen LogP contribution in [-0.4, -0.2) is 73.4 Å². The molecule has 2 aliphatic rings. The minimum absolute atomic E-state index is 0.0526. The summed E-state index contributed by atoms with van der Waals surface area (Å²) < 4.78 is 27.7. The molecule has 0 saturated carbocycles. The Kier molecular flexibility index (Phi) is 5.22. The van der Waals surface area contributed by atoms with Gasteiger partial charge in [0.1, 0.15) is 0 Å². The largest absolute Gasteiger partial charge is 0.390 e. The van der Waals surface area contributed by atoms with E-state index in [1.165, 1.54) is 19.7 Å². The fourth-order valence-electron chi connectivity index (χ4n) is 4.52. The number of rotatable bonds is 4. The van der Waals surface area contributed by atoms with Crippen LogP contribution in [0.5, 0.6) is 0 Å². The third-order valence-corrected chi connectivity index (χ3v) is 8.28. The lowest BCUT2D eigenvalue weighted by Gasteiger charge is -2.43. The second kappa shape index (κ2) is 6.87. The Morgan fingerprint density at radius 1 is 1.15 bits per heavy atom. The van der Waals surface area contributed by atoms with Gasteiger partial charge in [-0.15, -0.1) is 0 Å². The van der Waals surface area contributed by atoms with Crippen LogP contribution in [0.15, 0.2) is 24.3 Å². The van der Waals surface area contributed by atoms with Crippen molar-refractivity contribution in [2.45, 2.75) is 50.3 Å². The van der Waals surface area contributed by atoms with Gasteiger partial charge in [-0.25, -0.2) is 0 Å². The molecule has 0 aromatic heterocycles. The zero-order valence-electron chi connectivity index (χ0n) is 16.4. The van der Waals surface area contributed by atoms with Crippen molar-refractivity contribution in [1.82, 2.24) is 13.5 Å². The van der Waals surface area contributed by atoms with Crippen molar-refractivity contribution in [3.63, 3.8) is 0 Å². The molecule has 1 saturated heterocycles. The predicted octanol–water partition coefficient (Wildman–Crippen LogP) is 1.58. The predicted molar refractivity (Wildman–Crippen MR) is 103 cm³/mol. The zero-order chi connectivity index (χ0) is 19.3. The second-order valence-corrected chi connectivity index (χ2v) is 10.2. The summed E-state index contributed by atoms with van der Waals surface area (Å²) in [5.41, 5.74) is 2.00. The number of fused-ring (bicyclic) bond motifs is 2. The number of aliphatic hydroxyl groups excluding tert-OH is 1. The van der Waals surface area contributed by atoms with Crippen LogP contribution in [0.1, 0.15) is 43.9 Å². The van der Waals surface area contributed by atoms with Gasteiger partial charge >= 0.3 is 0 Å². The van der Waals surface area contributed by atoms with Crippen LogP contribution in [0.25, 0.3) is 0 Å². The highest BCUT2D eigenvalue weighted by molar-refractivity contribution is 7.86. The summed E-state index contributed by atoms with van der Waals surface area (Å²) >= 11 is 0. The molecule has 1 spiro atoms. The smallest absolute Gasteiger partial charge is 0.281 e. The Bertz CT molecular complexity index is 755. The first kappa shape index (κ1) is 19.8. The number of piperidine rings is 1. The summed E-state index contributed by atoms with van der Waals surface area (Å²) in [6.45, 7) is 5.13. The van der Waals surface area contributed by atoms with E-state index in [2.05, 4.69) is 37.9 Å². The molecule has 1 aliphatic heterocycles. The number of hydrogen-bond acceptors (Lipinski definition) is 4. The average molecular weight is 382 g/mol. The van der Waals surface area contributed by atoms with E-state index < -0.39 is 16.3 Å². The summed E-state index contributed by atoms with van der Waals surface area (Å²) in [5, 5.41) is 11.4. The van der Waals surface area contributed by atoms with Crippen molar-refractivity contribution in [2.24, 2.45) is 0 Å². The molecule has 2 atom stereocenters. The normalized spacial score (nSPS) is 26.2. The van der Waals surface area contributed by atoms with Crippen LogP contribution >= 0.6 is 0 Å². The van der Waals surface area contributed by atoms with E-state index in [9.17, 15) is 13.5 Å². The first-order chi connectivity index (χ1) is 12.1. The quantitative estimate of drug-likeness (QED) is 0.860. The van der Waals surface area contributed by atoms with E-state index in [1.807, 2.05) is 12.1 Å². The molecule has 1 N–H and O–H groups in total. The Labute approximate surface area is 157 Å². The summed E-state index contributed by atoms with van der Waals surface area (Å²) in [4.78, 5) is 2.22. The van der Waals surface area contributed by atoms with Crippen molar-refractivity contribution in [1.29, 1.82) is 0 Å². The summed E-state index contributed by atoms with van der Waals surface area (Å²) in [6.07, 6.45) is 0.748. The first-order valence-electron chi connectivity index (χ1n) is 9.30. The number of hydrogen-bond donors (Lipinski definition) is 1. The Balaban J connectivity index is 1.94. The molecule has 0 unspecified atom stereocenters. The maximum absolute atomic E-state index is 12.5. The standard InChI is InChI=1S/C19H31N3O3S/c1-14(2)21(5)17-15-8-6-7-9-16(15)19(18(17)23)10-12-22(13-11-19)26(24,25)20(3)4/h6-9,14,17-18,23H,10-13H2,1-5H3/t17-,18+/m1/s1. The van der Waals surface area contributed by atoms with Crippen LogP contribution in [0, 0.1) is 0 Å². The fourth-order valence-corrected chi connectivity index (χ4v) is 5.62. The zero-order valence-corrected chi connectivity index (χ0v) is 17.2. The third kappa shape index (κ3) is 2.90. The maximum atomic E-state index is 12.5. The molecule has 1 aromatic carbocycles. The fraction of sp³-hybridized carbons (Fsp3) is 0.684. The van der Waals surface area contributed by atoms with E-state index in [0.717, 1.165) is 0 Å². The molecular formula is C19H31N3O3S. The summed E-state index contributed by atoms with van der Waals surface area (Å²) in [7, 11) is 1.77. The van der Waals surface area contributed by atoms with Gasteiger partial charge in [0.05, 0.1) is 12.1 Å². The van der Waals surface area contributed by atoms with E-state index in [-0.39, 0.29) is 11.5 Å². The van der Waals surface area contributed by atoms with E-state index in [1.54, 1.807) is 14.1 Å². The Morgan fingerprint density at radius 2 is 1.73 bits per heavy atom. The number of nitrogens with zero attached hydrogens (tertiary/aromatic N) is 3. The van der Waals surface area contributed by atoms with E-state index in [0.29, 0.717) is 32.0 Å². The van der Waals surface area contributed by atoms with Gasteiger partial charge in [0, 0.05) is 38.6 Å². The summed E-state index contributed by atoms with van der Waals surface area (Å²) in [6, 6.07) is 8.53. The van der Waals surface area contributed by atoms with Crippen LogP contribution in [0.4, 0.5) is 0 Å². The molecule has 3 rings (SSSR count). The van der Waals surface area contributed by atoms with E-state index in [4.69, 9.17) is 0 Å². The SMILES string of the molecule is CC(C)N(C)[C@@H]1c2ccccc2C2(CCN(S(=O)(=O)N(C)C)CC2)[C@H]1O. The molecule has 1 aliphatic carbocycles. The number of likely N-dealkylation sites (N-methyl/N-ethyl adjacent to an activating group) is 1. The Hall–Kier alpha value is -0.990. The molecule has 0 radical (unpaired) electrons. The van der Waals surface area contributed by atoms with Crippen LogP contribution < -0.4 is 0 Å². The highest BCUT2D eigenvalue weighted by atomic mass is 32.2. The van der Waals surface area contributed by atoms with Crippen molar-refractivity contribution in [3.05, 3.63) is 35.4 Å². The van der Waals surface area contributed by atoms with Gasteiger partial charge in [0.15, 0.2) is 0 Å². The molecule has 26 heavy (non-hydrogen) atoms. The van der Waals surface area contributed by atoms with Gasteiger partial charge in [-0.3, -0.25) is 4.90 Å². The highest BCUT2D eigenvalue weighted by Gasteiger charge is 2.54. The van der Waals surface area contributed by atoms with Crippen LogP contribution in [0.2, 0.25) is 0 Å².